The molecule has 0 spiro atoms. The van der Waals surface area contributed by atoms with Gasteiger partial charge in [-0.3, -0.25) is 14.4 Å². The van der Waals surface area contributed by atoms with Gasteiger partial charge in [-0.25, -0.2) is 4.79 Å². The number of hydrogen-bond donors (Lipinski definition) is 0. The molecule has 0 aliphatic heterocycles. The van der Waals surface area contributed by atoms with Crippen LogP contribution in [0.5, 0.6) is 0 Å². The molecule has 7 unspecified atom stereocenters. The molecule has 8 rings (SSSR count). The molecule has 8 aliphatic rings. The maximum absolute atomic E-state index is 12.8. The lowest BCUT2D eigenvalue weighted by Gasteiger charge is -2.53. The van der Waals surface area contributed by atoms with Gasteiger partial charge < -0.3 is 9.47 Å². The van der Waals surface area contributed by atoms with E-state index in [1.165, 1.54) is 6.42 Å². The van der Waals surface area contributed by atoms with Crippen LogP contribution in [-0.2, 0) is 28.7 Å². The summed E-state index contributed by atoms with van der Waals surface area (Å²) in [5.74, 6) is 0.479. The summed E-state index contributed by atoms with van der Waals surface area (Å²) in [6.45, 7) is -0.372. The summed E-state index contributed by atoms with van der Waals surface area (Å²) in [6.07, 6.45) is 10.3. The highest BCUT2D eigenvalue weighted by Gasteiger charge is 2.69. The maximum atomic E-state index is 12.8. The number of allylic oxidation sites excluding steroid dienone is 2. The second kappa shape index (κ2) is 6.29. The zero-order valence-electron chi connectivity index (χ0n) is 17.5. The van der Waals surface area contributed by atoms with Gasteiger partial charge in [-0.1, -0.05) is 12.2 Å². The molecule has 0 saturated heterocycles. The van der Waals surface area contributed by atoms with Crippen LogP contribution in [0.3, 0.4) is 0 Å². The van der Waals surface area contributed by atoms with Gasteiger partial charge in [-0.15, -0.1) is 0 Å². The molecule has 0 N–H and O–H groups in total. The molecule has 8 aliphatic carbocycles. The largest absolute Gasteiger partial charge is 0.459 e. The Balaban J connectivity index is 0.982. The monoisotopic (exact) mass is 424 g/mol. The number of ketones is 2. The molecule has 164 valence electrons. The third kappa shape index (κ3) is 2.45. The zero-order chi connectivity index (χ0) is 21.0. The van der Waals surface area contributed by atoms with Crippen LogP contribution in [0.2, 0.25) is 0 Å². The topological polar surface area (TPSA) is 86.7 Å². The molecule has 6 nitrogen and oxygen atoms in total. The molecule has 0 amide bonds. The Morgan fingerprint density at radius 3 is 2.16 bits per heavy atom. The van der Waals surface area contributed by atoms with Gasteiger partial charge in [0.1, 0.15) is 17.7 Å². The van der Waals surface area contributed by atoms with E-state index in [2.05, 4.69) is 0 Å². The van der Waals surface area contributed by atoms with Crippen LogP contribution in [0.25, 0.3) is 0 Å². The second-order valence-corrected chi connectivity index (χ2v) is 11.4. The van der Waals surface area contributed by atoms with Gasteiger partial charge in [0, 0.05) is 23.7 Å². The smallest absolute Gasteiger partial charge is 0.344 e. The standard InChI is InChI=1S/C25H28O6/c26-18(31-24-12-4-10-3-11(6-12)7-13(24)5-10)9-30-25(29)17-8-16-19-14-1-2-15(22(14)27)20(19)21(17)23(16)28/h1-2,10-17,19-21,24H,3-9H2. The predicted molar refractivity (Wildman–Crippen MR) is 106 cm³/mol. The molecule has 0 aromatic heterocycles. The van der Waals surface area contributed by atoms with E-state index in [1.807, 2.05) is 12.2 Å². The molecule has 31 heavy (non-hydrogen) atoms. The van der Waals surface area contributed by atoms with E-state index < -0.39 is 23.8 Å². The first-order valence-electron chi connectivity index (χ1n) is 12.1. The van der Waals surface area contributed by atoms with Crippen molar-refractivity contribution < 1.29 is 28.7 Å². The predicted octanol–water partition coefficient (Wildman–Crippen LogP) is 2.35. The summed E-state index contributed by atoms with van der Waals surface area (Å²) in [7, 11) is 0. The van der Waals surface area contributed by atoms with E-state index in [1.54, 1.807) is 0 Å². The van der Waals surface area contributed by atoms with E-state index in [-0.39, 0.29) is 53.9 Å². The molecule has 7 fully saturated rings. The number of hydrogen-bond acceptors (Lipinski definition) is 6. The average molecular weight is 424 g/mol. The van der Waals surface area contributed by atoms with Crippen LogP contribution in [0.1, 0.15) is 38.5 Å². The Morgan fingerprint density at radius 1 is 0.839 bits per heavy atom. The van der Waals surface area contributed by atoms with Crippen LogP contribution in [0.15, 0.2) is 12.2 Å². The average Bonchev–Trinajstić information content (AvgIpc) is 3.44. The molecular formula is C25H28O6. The minimum absolute atomic E-state index is 0.0179. The number of esters is 2. The first-order chi connectivity index (χ1) is 15.0. The minimum atomic E-state index is -0.520. The van der Waals surface area contributed by atoms with Crippen LogP contribution in [0, 0.1) is 65.1 Å². The second-order valence-electron chi connectivity index (χ2n) is 11.4. The Kier molecular flexibility index (Phi) is 3.77. The van der Waals surface area contributed by atoms with Crippen molar-refractivity contribution in [3.8, 4) is 0 Å². The Labute approximate surface area is 181 Å². The maximum Gasteiger partial charge on any atom is 0.344 e. The summed E-state index contributed by atoms with van der Waals surface area (Å²) in [6, 6.07) is 0. The van der Waals surface area contributed by atoms with E-state index in [0.29, 0.717) is 18.3 Å². The van der Waals surface area contributed by atoms with Gasteiger partial charge in [-0.05, 0) is 74.0 Å². The fraction of sp³-hybridized carbons (Fsp3) is 0.760. The number of ether oxygens (including phenoxy) is 2. The molecule has 0 aromatic rings. The van der Waals surface area contributed by atoms with Crippen molar-refractivity contribution >= 4 is 23.5 Å². The number of carbonyl (C=O) groups excluding carboxylic acids is 4. The van der Waals surface area contributed by atoms with Crippen molar-refractivity contribution in [2.45, 2.75) is 44.6 Å². The fourth-order valence-corrected chi connectivity index (χ4v) is 9.27. The molecule has 0 heterocycles. The molecule has 7 saturated carbocycles. The van der Waals surface area contributed by atoms with Crippen LogP contribution < -0.4 is 0 Å². The van der Waals surface area contributed by atoms with Gasteiger partial charge >= 0.3 is 11.9 Å². The van der Waals surface area contributed by atoms with Gasteiger partial charge in [0.05, 0.1) is 5.92 Å². The van der Waals surface area contributed by atoms with Crippen molar-refractivity contribution in [3.63, 3.8) is 0 Å². The van der Waals surface area contributed by atoms with Crippen molar-refractivity contribution in [3.05, 3.63) is 12.2 Å². The number of rotatable bonds is 4. The molecule has 6 heteroatoms. The number of Topliss-reactive ketones (excluding diaryl/α,β-unsaturated/α-hetero) is 2. The van der Waals surface area contributed by atoms with E-state index in [9.17, 15) is 19.2 Å². The van der Waals surface area contributed by atoms with E-state index in [4.69, 9.17) is 9.47 Å². The van der Waals surface area contributed by atoms with E-state index >= 15 is 0 Å². The van der Waals surface area contributed by atoms with Crippen molar-refractivity contribution in [1.82, 2.24) is 0 Å². The van der Waals surface area contributed by atoms with Crippen LogP contribution in [0.4, 0.5) is 0 Å². The van der Waals surface area contributed by atoms with Gasteiger partial charge in [-0.2, -0.15) is 0 Å². The minimum Gasteiger partial charge on any atom is -0.459 e. The SMILES string of the molecule is O=C(COC(=O)C1CC2C(=O)C1C1C3C=CC(C3=O)C21)OC1C2CC3CC(C2)CC1C3. The van der Waals surface area contributed by atoms with Crippen LogP contribution >= 0.6 is 0 Å². The Bertz CT molecular complexity index is 891. The summed E-state index contributed by atoms with van der Waals surface area (Å²) in [5.41, 5.74) is 0. The summed E-state index contributed by atoms with van der Waals surface area (Å²) < 4.78 is 11.2. The third-order valence-electron chi connectivity index (χ3n) is 10.0. The third-order valence-corrected chi connectivity index (χ3v) is 10.0. The number of fused-ring (bicyclic) bond motifs is 9. The first kappa shape index (κ1) is 18.6. The van der Waals surface area contributed by atoms with Gasteiger partial charge in [0.15, 0.2) is 6.61 Å². The zero-order valence-corrected chi connectivity index (χ0v) is 17.5. The molecule has 0 radical (unpaired) electrons. The highest BCUT2D eigenvalue weighted by molar-refractivity contribution is 6.01. The molecular weight excluding hydrogens is 396 g/mol. The van der Waals surface area contributed by atoms with Crippen molar-refractivity contribution in [2.75, 3.05) is 6.61 Å². The lowest BCUT2D eigenvalue weighted by Crippen LogP contribution is -2.50. The lowest BCUT2D eigenvalue weighted by molar-refractivity contribution is -0.179. The first-order valence-corrected chi connectivity index (χ1v) is 12.1. The highest BCUT2D eigenvalue weighted by atomic mass is 16.6. The Hall–Kier alpha value is -1.98. The molecule has 7 atom stereocenters. The normalized spacial score (nSPS) is 52.1. The van der Waals surface area contributed by atoms with E-state index in [0.717, 1.165) is 37.5 Å². The lowest BCUT2D eigenvalue weighted by atomic mass is 9.55. The molecule has 8 bridgehead atoms. The molecule has 0 aromatic carbocycles. The fourth-order valence-electron chi connectivity index (χ4n) is 9.27. The Morgan fingerprint density at radius 2 is 1.48 bits per heavy atom. The summed E-state index contributed by atoms with van der Waals surface area (Å²) in [4.78, 5) is 50.6. The highest BCUT2D eigenvalue weighted by Crippen LogP contribution is 2.64. The summed E-state index contributed by atoms with van der Waals surface area (Å²) in [5, 5.41) is 0. The van der Waals surface area contributed by atoms with Crippen molar-refractivity contribution in [1.29, 1.82) is 0 Å². The summed E-state index contributed by atoms with van der Waals surface area (Å²) >= 11 is 0. The van der Waals surface area contributed by atoms with Gasteiger partial charge in [0.25, 0.3) is 0 Å². The van der Waals surface area contributed by atoms with Crippen LogP contribution in [-0.4, -0.2) is 36.2 Å². The van der Waals surface area contributed by atoms with Crippen molar-refractivity contribution in [2.24, 2.45) is 65.1 Å². The van der Waals surface area contributed by atoms with Gasteiger partial charge in [0.2, 0.25) is 0 Å². The quantitative estimate of drug-likeness (QED) is 0.391. The number of carbonyl (C=O) groups is 4.